The molecule has 21 heavy (non-hydrogen) atoms. The quantitative estimate of drug-likeness (QED) is 0.840. The molecule has 1 unspecified atom stereocenters. The second-order valence-corrected chi connectivity index (χ2v) is 4.58. The molecular weight excluding hydrogens is 291 g/mol. The van der Waals surface area contributed by atoms with Crippen LogP contribution in [-0.4, -0.2) is 5.11 Å². The highest BCUT2D eigenvalue weighted by Gasteiger charge is 2.34. The Labute approximate surface area is 117 Å². The summed E-state index contributed by atoms with van der Waals surface area (Å²) in [5.74, 6) is -1.87. The SMILES string of the molecule is OC(Cc1ccc(F)cc1)c1ccc(C(F)(F)F)c(F)c1. The number of rotatable bonds is 3. The molecule has 2 aromatic carbocycles. The fourth-order valence-electron chi connectivity index (χ4n) is 1.93. The number of aliphatic hydroxyl groups is 1. The molecule has 0 aromatic heterocycles. The molecule has 0 aliphatic rings. The second-order valence-electron chi connectivity index (χ2n) is 4.58. The monoisotopic (exact) mass is 302 g/mol. The molecule has 2 aromatic rings. The van der Waals surface area contributed by atoms with Crippen LogP contribution in [0.15, 0.2) is 42.5 Å². The fourth-order valence-corrected chi connectivity index (χ4v) is 1.93. The maximum absolute atomic E-state index is 13.4. The van der Waals surface area contributed by atoms with E-state index in [0.717, 1.165) is 6.07 Å². The van der Waals surface area contributed by atoms with Gasteiger partial charge >= 0.3 is 6.18 Å². The highest BCUT2D eigenvalue weighted by molar-refractivity contribution is 5.29. The van der Waals surface area contributed by atoms with E-state index >= 15 is 0 Å². The van der Waals surface area contributed by atoms with E-state index in [0.29, 0.717) is 17.7 Å². The van der Waals surface area contributed by atoms with Gasteiger partial charge in [0.2, 0.25) is 0 Å². The van der Waals surface area contributed by atoms with Crippen LogP contribution in [0, 0.1) is 11.6 Å². The van der Waals surface area contributed by atoms with E-state index in [-0.39, 0.29) is 12.0 Å². The highest BCUT2D eigenvalue weighted by atomic mass is 19.4. The van der Waals surface area contributed by atoms with E-state index in [2.05, 4.69) is 0 Å². The molecule has 0 aliphatic heterocycles. The summed E-state index contributed by atoms with van der Waals surface area (Å²) >= 11 is 0. The van der Waals surface area contributed by atoms with Crippen molar-refractivity contribution in [3.05, 3.63) is 70.8 Å². The van der Waals surface area contributed by atoms with Crippen molar-refractivity contribution in [2.45, 2.75) is 18.7 Å². The Morgan fingerprint density at radius 3 is 2.10 bits per heavy atom. The Kier molecular flexibility index (Phi) is 4.27. The summed E-state index contributed by atoms with van der Waals surface area (Å²) in [6.07, 6.45) is -5.90. The van der Waals surface area contributed by atoms with Crippen LogP contribution in [0.5, 0.6) is 0 Å². The summed E-state index contributed by atoms with van der Waals surface area (Å²) in [4.78, 5) is 0. The molecular formula is C15H11F5O. The van der Waals surface area contributed by atoms with Crippen LogP contribution >= 0.6 is 0 Å². The Balaban J connectivity index is 2.18. The van der Waals surface area contributed by atoms with Crippen molar-refractivity contribution in [1.29, 1.82) is 0 Å². The summed E-state index contributed by atoms with van der Waals surface area (Å²) in [6, 6.07) is 7.58. The van der Waals surface area contributed by atoms with E-state index in [4.69, 9.17) is 0 Å². The van der Waals surface area contributed by atoms with E-state index in [1.54, 1.807) is 0 Å². The van der Waals surface area contributed by atoms with Crippen LogP contribution in [0.4, 0.5) is 22.0 Å². The number of aliphatic hydroxyl groups excluding tert-OH is 1. The van der Waals surface area contributed by atoms with Crippen molar-refractivity contribution in [3.63, 3.8) is 0 Å². The lowest BCUT2D eigenvalue weighted by atomic mass is 10.00. The van der Waals surface area contributed by atoms with Crippen LogP contribution in [0.3, 0.4) is 0 Å². The molecule has 0 saturated heterocycles. The number of benzene rings is 2. The van der Waals surface area contributed by atoms with Gasteiger partial charge in [0.25, 0.3) is 0 Å². The minimum Gasteiger partial charge on any atom is -0.388 e. The van der Waals surface area contributed by atoms with Crippen molar-refractivity contribution in [2.24, 2.45) is 0 Å². The lowest BCUT2D eigenvalue weighted by Gasteiger charge is -2.14. The fraction of sp³-hybridized carbons (Fsp3) is 0.200. The first-order valence-corrected chi connectivity index (χ1v) is 6.06. The maximum Gasteiger partial charge on any atom is 0.419 e. The van der Waals surface area contributed by atoms with Gasteiger partial charge in [0.05, 0.1) is 11.7 Å². The molecule has 0 radical (unpaired) electrons. The summed E-state index contributed by atoms with van der Waals surface area (Å²) in [5.41, 5.74) is -0.755. The van der Waals surface area contributed by atoms with Crippen molar-refractivity contribution in [1.82, 2.24) is 0 Å². The topological polar surface area (TPSA) is 20.2 Å². The normalized spacial score (nSPS) is 13.2. The molecule has 2 rings (SSSR count). The molecule has 112 valence electrons. The molecule has 6 heteroatoms. The van der Waals surface area contributed by atoms with Gasteiger partial charge < -0.3 is 5.11 Å². The van der Waals surface area contributed by atoms with E-state index in [9.17, 15) is 27.1 Å². The number of alkyl halides is 3. The van der Waals surface area contributed by atoms with Crippen LogP contribution in [0.1, 0.15) is 22.8 Å². The van der Waals surface area contributed by atoms with E-state index < -0.39 is 29.5 Å². The van der Waals surface area contributed by atoms with Gasteiger partial charge in [0.15, 0.2) is 0 Å². The summed E-state index contributed by atoms with van der Waals surface area (Å²) in [6.45, 7) is 0. The Morgan fingerprint density at radius 2 is 1.57 bits per heavy atom. The van der Waals surface area contributed by atoms with E-state index in [1.807, 2.05) is 0 Å². The third-order valence-corrected chi connectivity index (χ3v) is 3.03. The van der Waals surface area contributed by atoms with E-state index in [1.165, 1.54) is 24.3 Å². The number of hydrogen-bond donors (Lipinski definition) is 1. The smallest absolute Gasteiger partial charge is 0.388 e. The first-order valence-electron chi connectivity index (χ1n) is 6.06. The van der Waals surface area contributed by atoms with Gasteiger partial charge in [-0.1, -0.05) is 18.2 Å². The molecule has 0 aliphatic carbocycles. The minimum absolute atomic E-state index is 0.0322. The number of hydrogen-bond acceptors (Lipinski definition) is 1. The molecule has 0 saturated carbocycles. The van der Waals surface area contributed by atoms with Gasteiger partial charge in [0, 0.05) is 6.42 Å². The Hall–Kier alpha value is -1.95. The largest absolute Gasteiger partial charge is 0.419 e. The van der Waals surface area contributed by atoms with Gasteiger partial charge in [-0.15, -0.1) is 0 Å². The molecule has 1 nitrogen and oxygen atoms in total. The van der Waals surface area contributed by atoms with Crippen LogP contribution in [-0.2, 0) is 12.6 Å². The second kappa shape index (κ2) is 5.81. The van der Waals surface area contributed by atoms with Crippen LogP contribution < -0.4 is 0 Å². The molecule has 1 atom stereocenters. The minimum atomic E-state index is -4.77. The third-order valence-electron chi connectivity index (χ3n) is 3.03. The van der Waals surface area contributed by atoms with Gasteiger partial charge in [-0.3, -0.25) is 0 Å². The standard InChI is InChI=1S/C15H11F5O/c16-11-4-1-9(2-5-11)7-14(21)10-3-6-12(13(17)8-10)15(18,19)20/h1-6,8,14,21H,7H2. The van der Waals surface area contributed by atoms with Gasteiger partial charge in [-0.05, 0) is 35.4 Å². The van der Waals surface area contributed by atoms with Gasteiger partial charge in [-0.25, -0.2) is 8.78 Å². The maximum atomic E-state index is 13.4. The first-order chi connectivity index (χ1) is 9.77. The van der Waals surface area contributed by atoms with Gasteiger partial charge in [0.1, 0.15) is 11.6 Å². The third kappa shape index (κ3) is 3.78. The lowest BCUT2D eigenvalue weighted by Crippen LogP contribution is -2.10. The van der Waals surface area contributed by atoms with Crippen LogP contribution in [0.2, 0.25) is 0 Å². The average molecular weight is 302 g/mol. The summed E-state index contributed by atoms with van der Waals surface area (Å²) in [7, 11) is 0. The summed E-state index contributed by atoms with van der Waals surface area (Å²) < 4.78 is 63.4. The van der Waals surface area contributed by atoms with Gasteiger partial charge in [-0.2, -0.15) is 13.2 Å². The summed E-state index contributed by atoms with van der Waals surface area (Å²) in [5, 5.41) is 9.92. The number of halogens is 5. The molecule has 0 bridgehead atoms. The predicted octanol–water partition coefficient (Wildman–Crippen LogP) is 4.26. The predicted molar refractivity (Wildman–Crippen MR) is 66.5 cm³/mol. The lowest BCUT2D eigenvalue weighted by molar-refractivity contribution is -0.140. The Bertz CT molecular complexity index is 619. The van der Waals surface area contributed by atoms with Crippen molar-refractivity contribution in [3.8, 4) is 0 Å². The molecule has 0 heterocycles. The Morgan fingerprint density at radius 1 is 0.952 bits per heavy atom. The highest BCUT2D eigenvalue weighted by Crippen LogP contribution is 2.32. The molecule has 0 amide bonds. The average Bonchev–Trinajstić information content (AvgIpc) is 2.39. The van der Waals surface area contributed by atoms with Crippen molar-refractivity contribution < 1.29 is 27.1 Å². The molecule has 0 spiro atoms. The first kappa shape index (κ1) is 15.4. The zero-order chi connectivity index (χ0) is 15.6. The zero-order valence-corrected chi connectivity index (χ0v) is 10.7. The van der Waals surface area contributed by atoms with Crippen molar-refractivity contribution in [2.75, 3.05) is 0 Å². The zero-order valence-electron chi connectivity index (χ0n) is 10.7. The van der Waals surface area contributed by atoms with Crippen LogP contribution in [0.25, 0.3) is 0 Å². The van der Waals surface area contributed by atoms with Crippen molar-refractivity contribution >= 4 is 0 Å². The molecule has 0 fully saturated rings. The molecule has 1 N–H and O–H groups in total.